The molecule has 2 aliphatic rings. The lowest BCUT2D eigenvalue weighted by atomic mass is 10.0. The van der Waals surface area contributed by atoms with Gasteiger partial charge in [-0.25, -0.2) is 4.98 Å². The summed E-state index contributed by atoms with van der Waals surface area (Å²) in [4.78, 5) is 16.3. The molecule has 26 heavy (non-hydrogen) atoms. The minimum Gasteiger partial charge on any atom is -0.355 e. The van der Waals surface area contributed by atoms with Gasteiger partial charge in [-0.05, 0) is 45.4 Å². The number of hydrogen-bond acceptors (Lipinski definition) is 4. The van der Waals surface area contributed by atoms with E-state index < -0.39 is 0 Å². The molecule has 3 rings (SSSR count). The molecule has 2 aliphatic heterocycles. The Morgan fingerprint density at radius 1 is 1.23 bits per heavy atom. The van der Waals surface area contributed by atoms with Gasteiger partial charge in [-0.3, -0.25) is 9.89 Å². The van der Waals surface area contributed by atoms with Crippen LogP contribution in [-0.2, 0) is 0 Å². The van der Waals surface area contributed by atoms with E-state index >= 15 is 0 Å². The average molecular weight is 359 g/mol. The number of aliphatic imine (C=N–C) groups is 1. The molecule has 0 bridgehead atoms. The van der Waals surface area contributed by atoms with Crippen LogP contribution in [0.5, 0.6) is 0 Å². The number of anilines is 1. The van der Waals surface area contributed by atoms with Crippen LogP contribution in [0.4, 0.5) is 5.82 Å². The zero-order valence-electron chi connectivity index (χ0n) is 16.6. The van der Waals surface area contributed by atoms with Crippen molar-refractivity contribution in [2.24, 2.45) is 4.99 Å². The summed E-state index contributed by atoms with van der Waals surface area (Å²) in [6.45, 7) is 10.8. The maximum atomic E-state index is 4.52. The molecule has 3 heterocycles. The van der Waals surface area contributed by atoms with Crippen molar-refractivity contribution in [3.8, 4) is 0 Å². The highest BCUT2D eigenvalue weighted by Gasteiger charge is 2.24. The molecule has 6 heteroatoms. The van der Waals surface area contributed by atoms with Crippen molar-refractivity contribution < 1.29 is 0 Å². The number of aromatic nitrogens is 1. The molecule has 6 nitrogen and oxygen atoms in total. The third-order valence-corrected chi connectivity index (χ3v) is 5.74. The largest absolute Gasteiger partial charge is 0.355 e. The van der Waals surface area contributed by atoms with E-state index in [0.717, 1.165) is 44.5 Å². The predicted molar refractivity (Wildman–Crippen MR) is 109 cm³/mol. The molecule has 1 N–H and O–H groups in total. The SMILES string of the molecule is CN=C(NCC(C)N1CCCCC1C)N1CCN(c2ccccn2)CC1. The number of piperidine rings is 1. The van der Waals surface area contributed by atoms with Crippen LogP contribution < -0.4 is 10.2 Å². The topological polar surface area (TPSA) is 47.0 Å². The van der Waals surface area contributed by atoms with Crippen LogP contribution in [0, 0.1) is 0 Å². The summed E-state index contributed by atoms with van der Waals surface area (Å²) >= 11 is 0. The van der Waals surface area contributed by atoms with Gasteiger partial charge in [0.2, 0.25) is 0 Å². The number of nitrogens with one attached hydrogen (secondary N) is 1. The van der Waals surface area contributed by atoms with Crippen LogP contribution in [0.15, 0.2) is 29.4 Å². The van der Waals surface area contributed by atoms with Crippen LogP contribution in [0.2, 0.25) is 0 Å². The van der Waals surface area contributed by atoms with E-state index in [1.165, 1.54) is 25.8 Å². The minimum atomic E-state index is 0.539. The van der Waals surface area contributed by atoms with Gasteiger partial charge in [-0.15, -0.1) is 0 Å². The fourth-order valence-electron chi connectivity index (χ4n) is 4.15. The van der Waals surface area contributed by atoms with Crippen molar-refractivity contribution in [2.75, 3.05) is 51.2 Å². The van der Waals surface area contributed by atoms with Crippen LogP contribution in [-0.4, -0.2) is 79.1 Å². The third-order valence-electron chi connectivity index (χ3n) is 5.74. The number of nitrogens with zero attached hydrogens (tertiary/aromatic N) is 5. The first-order chi connectivity index (χ1) is 12.7. The molecular formula is C20H34N6. The highest BCUT2D eigenvalue weighted by molar-refractivity contribution is 5.80. The summed E-state index contributed by atoms with van der Waals surface area (Å²) in [7, 11) is 1.89. The summed E-state index contributed by atoms with van der Waals surface area (Å²) < 4.78 is 0. The van der Waals surface area contributed by atoms with Gasteiger partial charge in [0, 0.05) is 58.1 Å². The van der Waals surface area contributed by atoms with Crippen molar-refractivity contribution in [1.29, 1.82) is 0 Å². The smallest absolute Gasteiger partial charge is 0.193 e. The first kappa shape index (κ1) is 19.0. The van der Waals surface area contributed by atoms with E-state index in [4.69, 9.17) is 0 Å². The Morgan fingerprint density at radius 3 is 2.69 bits per heavy atom. The van der Waals surface area contributed by atoms with E-state index in [1.54, 1.807) is 0 Å². The fraction of sp³-hybridized carbons (Fsp3) is 0.700. The maximum absolute atomic E-state index is 4.52. The number of hydrogen-bond donors (Lipinski definition) is 1. The van der Waals surface area contributed by atoms with Crippen molar-refractivity contribution in [3.63, 3.8) is 0 Å². The van der Waals surface area contributed by atoms with Gasteiger partial charge in [0.05, 0.1) is 0 Å². The lowest BCUT2D eigenvalue weighted by Gasteiger charge is -2.40. The minimum absolute atomic E-state index is 0.539. The normalized spacial score (nSPS) is 23.8. The maximum Gasteiger partial charge on any atom is 0.193 e. The Bertz CT molecular complexity index is 567. The Balaban J connectivity index is 1.47. The molecule has 2 atom stereocenters. The molecule has 0 saturated carbocycles. The van der Waals surface area contributed by atoms with Crippen molar-refractivity contribution in [3.05, 3.63) is 24.4 Å². The summed E-state index contributed by atoms with van der Waals surface area (Å²) in [5.41, 5.74) is 0. The van der Waals surface area contributed by atoms with Gasteiger partial charge in [0.1, 0.15) is 5.82 Å². The zero-order valence-corrected chi connectivity index (χ0v) is 16.6. The zero-order chi connectivity index (χ0) is 18.4. The first-order valence-corrected chi connectivity index (χ1v) is 10.1. The van der Waals surface area contributed by atoms with E-state index in [1.807, 2.05) is 19.3 Å². The molecule has 2 unspecified atom stereocenters. The lowest BCUT2D eigenvalue weighted by molar-refractivity contribution is 0.115. The molecule has 2 saturated heterocycles. The second-order valence-electron chi connectivity index (χ2n) is 7.52. The number of rotatable bonds is 4. The number of guanidine groups is 1. The van der Waals surface area contributed by atoms with E-state index in [9.17, 15) is 0 Å². The van der Waals surface area contributed by atoms with Crippen molar-refractivity contribution in [2.45, 2.75) is 45.2 Å². The Hall–Kier alpha value is -1.82. The second-order valence-corrected chi connectivity index (χ2v) is 7.52. The third kappa shape index (κ3) is 4.67. The Labute approximate surface area is 158 Å². The van der Waals surface area contributed by atoms with Crippen LogP contribution in [0.3, 0.4) is 0 Å². The van der Waals surface area contributed by atoms with Gasteiger partial charge >= 0.3 is 0 Å². The summed E-state index contributed by atoms with van der Waals surface area (Å²) in [6.07, 6.45) is 5.90. The quantitative estimate of drug-likeness (QED) is 0.659. The van der Waals surface area contributed by atoms with Crippen molar-refractivity contribution in [1.82, 2.24) is 20.1 Å². The summed E-state index contributed by atoms with van der Waals surface area (Å²) in [5.74, 6) is 2.10. The highest BCUT2D eigenvalue weighted by atomic mass is 15.4. The molecule has 0 amide bonds. The van der Waals surface area contributed by atoms with Crippen LogP contribution in [0.1, 0.15) is 33.1 Å². The van der Waals surface area contributed by atoms with Gasteiger partial charge in [-0.2, -0.15) is 0 Å². The number of piperazine rings is 1. The van der Waals surface area contributed by atoms with Gasteiger partial charge in [-0.1, -0.05) is 12.5 Å². The molecule has 0 aliphatic carbocycles. The number of pyridine rings is 1. The van der Waals surface area contributed by atoms with Crippen molar-refractivity contribution >= 4 is 11.8 Å². The highest BCUT2D eigenvalue weighted by Crippen LogP contribution is 2.19. The Kier molecular flexibility index (Phi) is 6.72. The average Bonchev–Trinajstić information content (AvgIpc) is 2.70. The molecule has 0 radical (unpaired) electrons. The fourth-order valence-corrected chi connectivity index (χ4v) is 4.15. The predicted octanol–water partition coefficient (Wildman–Crippen LogP) is 2.04. The van der Waals surface area contributed by atoms with Crippen LogP contribution in [0.25, 0.3) is 0 Å². The summed E-state index contributed by atoms with van der Waals surface area (Å²) in [5, 5.41) is 3.61. The Morgan fingerprint density at radius 2 is 2.04 bits per heavy atom. The summed E-state index contributed by atoms with van der Waals surface area (Å²) in [6, 6.07) is 7.35. The van der Waals surface area contributed by atoms with Gasteiger partial charge < -0.3 is 15.1 Å². The van der Waals surface area contributed by atoms with E-state index in [0.29, 0.717) is 12.1 Å². The van der Waals surface area contributed by atoms with Gasteiger partial charge in [0.25, 0.3) is 0 Å². The second kappa shape index (κ2) is 9.21. The molecule has 1 aromatic heterocycles. The monoisotopic (exact) mass is 358 g/mol. The molecular weight excluding hydrogens is 324 g/mol. The molecule has 2 fully saturated rings. The molecule has 144 valence electrons. The number of likely N-dealkylation sites (tertiary alicyclic amines) is 1. The lowest BCUT2D eigenvalue weighted by Crippen LogP contribution is -2.55. The standard InChI is InChI=1S/C20H34N6/c1-17-8-5-7-11-26(17)18(2)16-23-20(21-3)25-14-12-24(13-15-25)19-9-4-6-10-22-19/h4,6,9-10,17-18H,5,7-8,11-16H2,1-3H3,(H,21,23). The van der Waals surface area contributed by atoms with Crippen LogP contribution >= 0.6 is 0 Å². The molecule has 0 spiro atoms. The first-order valence-electron chi connectivity index (χ1n) is 10.1. The molecule has 1 aromatic rings. The molecule has 0 aromatic carbocycles. The van der Waals surface area contributed by atoms with E-state index in [-0.39, 0.29) is 0 Å². The van der Waals surface area contributed by atoms with Gasteiger partial charge in [0.15, 0.2) is 5.96 Å². The van der Waals surface area contributed by atoms with E-state index in [2.05, 4.69) is 56.0 Å².